The number of pyridine rings is 1. The first-order valence-electron chi connectivity index (χ1n) is 5.68. The Labute approximate surface area is 105 Å². The van der Waals surface area contributed by atoms with Crippen molar-refractivity contribution in [3.63, 3.8) is 0 Å². The molecule has 0 aliphatic rings. The SMILES string of the molecule is CNC(c1ncccc1C)c1c(F)cccc1F. The van der Waals surface area contributed by atoms with E-state index in [0.717, 1.165) is 5.56 Å². The summed E-state index contributed by atoms with van der Waals surface area (Å²) in [6.45, 7) is 1.87. The second-order valence-electron chi connectivity index (χ2n) is 4.06. The lowest BCUT2D eigenvalue weighted by atomic mass is 9.99. The third kappa shape index (κ3) is 2.24. The van der Waals surface area contributed by atoms with Gasteiger partial charge in [-0.25, -0.2) is 8.78 Å². The summed E-state index contributed by atoms with van der Waals surface area (Å²) in [5.41, 5.74) is 1.52. The van der Waals surface area contributed by atoms with E-state index in [4.69, 9.17) is 0 Å². The predicted octanol–water partition coefficient (Wildman–Crippen LogP) is 2.98. The average molecular weight is 248 g/mol. The van der Waals surface area contributed by atoms with E-state index in [-0.39, 0.29) is 5.56 Å². The molecule has 0 bridgehead atoms. The Kier molecular flexibility index (Phi) is 3.67. The van der Waals surface area contributed by atoms with Gasteiger partial charge in [0, 0.05) is 11.8 Å². The highest BCUT2D eigenvalue weighted by atomic mass is 19.1. The molecule has 18 heavy (non-hydrogen) atoms. The first kappa shape index (κ1) is 12.6. The van der Waals surface area contributed by atoms with E-state index in [1.54, 1.807) is 19.3 Å². The highest BCUT2D eigenvalue weighted by molar-refractivity contribution is 5.33. The topological polar surface area (TPSA) is 24.9 Å². The van der Waals surface area contributed by atoms with E-state index in [2.05, 4.69) is 10.3 Å². The molecule has 1 unspecified atom stereocenters. The molecule has 94 valence electrons. The molecule has 1 heterocycles. The van der Waals surface area contributed by atoms with Gasteiger partial charge >= 0.3 is 0 Å². The molecule has 2 nitrogen and oxygen atoms in total. The first-order chi connectivity index (χ1) is 8.65. The number of halogens is 2. The van der Waals surface area contributed by atoms with Crippen LogP contribution in [0.15, 0.2) is 36.5 Å². The molecule has 1 N–H and O–H groups in total. The number of rotatable bonds is 3. The Balaban J connectivity index is 2.56. The van der Waals surface area contributed by atoms with Gasteiger partial charge in [-0.05, 0) is 37.7 Å². The van der Waals surface area contributed by atoms with Crippen LogP contribution in [-0.4, -0.2) is 12.0 Å². The molecule has 1 atom stereocenters. The van der Waals surface area contributed by atoms with Gasteiger partial charge in [0.25, 0.3) is 0 Å². The smallest absolute Gasteiger partial charge is 0.131 e. The molecule has 4 heteroatoms. The van der Waals surface area contributed by atoms with Crippen LogP contribution in [0, 0.1) is 18.6 Å². The normalized spacial score (nSPS) is 12.4. The number of nitrogens with zero attached hydrogens (tertiary/aromatic N) is 1. The zero-order valence-electron chi connectivity index (χ0n) is 10.2. The van der Waals surface area contributed by atoms with Crippen molar-refractivity contribution in [2.75, 3.05) is 7.05 Å². The van der Waals surface area contributed by atoms with Crippen LogP contribution in [0.2, 0.25) is 0 Å². The van der Waals surface area contributed by atoms with Crippen molar-refractivity contribution >= 4 is 0 Å². The van der Waals surface area contributed by atoms with Gasteiger partial charge in [-0.3, -0.25) is 4.98 Å². The third-order valence-corrected chi connectivity index (χ3v) is 2.90. The van der Waals surface area contributed by atoms with Crippen molar-refractivity contribution in [3.8, 4) is 0 Å². The van der Waals surface area contributed by atoms with Crippen LogP contribution < -0.4 is 5.32 Å². The summed E-state index contributed by atoms with van der Waals surface area (Å²) >= 11 is 0. The molecule has 0 saturated heterocycles. The fraction of sp³-hybridized carbons (Fsp3) is 0.214. The van der Waals surface area contributed by atoms with Crippen LogP contribution in [0.5, 0.6) is 0 Å². The van der Waals surface area contributed by atoms with Gasteiger partial charge in [-0.15, -0.1) is 0 Å². The molecule has 0 aliphatic heterocycles. The average Bonchev–Trinajstić information content (AvgIpc) is 2.35. The molecule has 0 fully saturated rings. The monoisotopic (exact) mass is 248 g/mol. The lowest BCUT2D eigenvalue weighted by Crippen LogP contribution is -2.22. The Morgan fingerprint density at radius 1 is 1.11 bits per heavy atom. The Bertz CT molecular complexity index is 535. The zero-order valence-corrected chi connectivity index (χ0v) is 10.2. The largest absolute Gasteiger partial charge is 0.308 e. The molecule has 1 aromatic carbocycles. The van der Waals surface area contributed by atoms with Crippen molar-refractivity contribution in [2.24, 2.45) is 0 Å². The van der Waals surface area contributed by atoms with Crippen LogP contribution in [0.4, 0.5) is 8.78 Å². The fourth-order valence-corrected chi connectivity index (χ4v) is 2.00. The van der Waals surface area contributed by atoms with Crippen LogP contribution >= 0.6 is 0 Å². The molecule has 0 amide bonds. The van der Waals surface area contributed by atoms with E-state index < -0.39 is 17.7 Å². The molecule has 1 aromatic heterocycles. The number of aromatic nitrogens is 1. The molecule has 0 saturated carbocycles. The van der Waals surface area contributed by atoms with Crippen molar-refractivity contribution in [1.29, 1.82) is 0 Å². The Morgan fingerprint density at radius 2 is 1.78 bits per heavy atom. The Hall–Kier alpha value is -1.81. The molecule has 2 aromatic rings. The first-order valence-corrected chi connectivity index (χ1v) is 5.68. The molecule has 0 radical (unpaired) electrons. The van der Waals surface area contributed by atoms with E-state index in [1.165, 1.54) is 18.2 Å². The van der Waals surface area contributed by atoms with Crippen LogP contribution in [-0.2, 0) is 0 Å². The van der Waals surface area contributed by atoms with Crippen LogP contribution in [0.25, 0.3) is 0 Å². The second-order valence-corrected chi connectivity index (χ2v) is 4.06. The van der Waals surface area contributed by atoms with E-state index in [1.807, 2.05) is 13.0 Å². The number of aryl methyl sites for hydroxylation is 1. The summed E-state index contributed by atoms with van der Waals surface area (Å²) in [6, 6.07) is 6.93. The van der Waals surface area contributed by atoms with E-state index in [9.17, 15) is 8.78 Å². The van der Waals surface area contributed by atoms with Gasteiger partial charge in [0.2, 0.25) is 0 Å². The zero-order chi connectivity index (χ0) is 13.1. The number of hydrogen-bond donors (Lipinski definition) is 1. The maximum absolute atomic E-state index is 13.8. The standard InChI is InChI=1S/C14H14F2N2/c1-9-5-4-8-18-13(9)14(17-2)12-10(15)6-3-7-11(12)16/h3-8,14,17H,1-2H3. The van der Waals surface area contributed by atoms with Crippen molar-refractivity contribution in [3.05, 3.63) is 65.0 Å². The third-order valence-electron chi connectivity index (χ3n) is 2.90. The lowest BCUT2D eigenvalue weighted by molar-refractivity contribution is 0.517. The maximum atomic E-state index is 13.8. The molecular weight excluding hydrogens is 234 g/mol. The second kappa shape index (κ2) is 5.23. The summed E-state index contributed by atoms with van der Waals surface area (Å²) in [7, 11) is 1.66. The minimum Gasteiger partial charge on any atom is -0.308 e. The van der Waals surface area contributed by atoms with Crippen molar-refractivity contribution in [2.45, 2.75) is 13.0 Å². The molecule has 0 spiro atoms. The lowest BCUT2D eigenvalue weighted by Gasteiger charge is -2.19. The van der Waals surface area contributed by atoms with Gasteiger partial charge in [-0.2, -0.15) is 0 Å². The summed E-state index contributed by atoms with van der Waals surface area (Å²) in [5, 5.41) is 2.91. The minimum atomic E-state index is -0.590. The predicted molar refractivity (Wildman–Crippen MR) is 66.2 cm³/mol. The highest BCUT2D eigenvalue weighted by Gasteiger charge is 2.22. The van der Waals surface area contributed by atoms with Gasteiger partial charge < -0.3 is 5.32 Å². The summed E-state index contributed by atoms with van der Waals surface area (Å²) in [6.07, 6.45) is 1.62. The molecular formula is C14H14F2N2. The fourth-order valence-electron chi connectivity index (χ4n) is 2.00. The van der Waals surface area contributed by atoms with Gasteiger partial charge in [0.15, 0.2) is 0 Å². The van der Waals surface area contributed by atoms with Crippen molar-refractivity contribution in [1.82, 2.24) is 10.3 Å². The quantitative estimate of drug-likeness (QED) is 0.903. The van der Waals surface area contributed by atoms with Crippen LogP contribution in [0.1, 0.15) is 22.9 Å². The van der Waals surface area contributed by atoms with Crippen molar-refractivity contribution < 1.29 is 8.78 Å². The van der Waals surface area contributed by atoms with Gasteiger partial charge in [0.1, 0.15) is 11.6 Å². The number of benzene rings is 1. The summed E-state index contributed by atoms with van der Waals surface area (Å²) in [4.78, 5) is 4.21. The van der Waals surface area contributed by atoms with E-state index in [0.29, 0.717) is 5.69 Å². The molecule has 2 rings (SSSR count). The summed E-state index contributed by atoms with van der Waals surface area (Å²) < 4.78 is 27.6. The number of hydrogen-bond acceptors (Lipinski definition) is 2. The van der Waals surface area contributed by atoms with Crippen LogP contribution in [0.3, 0.4) is 0 Å². The van der Waals surface area contributed by atoms with Gasteiger partial charge in [-0.1, -0.05) is 12.1 Å². The number of nitrogens with one attached hydrogen (secondary N) is 1. The summed E-state index contributed by atoms with van der Waals surface area (Å²) in [5.74, 6) is -1.14. The minimum absolute atomic E-state index is 0.00167. The maximum Gasteiger partial charge on any atom is 0.131 e. The van der Waals surface area contributed by atoms with E-state index >= 15 is 0 Å². The van der Waals surface area contributed by atoms with Gasteiger partial charge in [0.05, 0.1) is 11.7 Å². The Morgan fingerprint density at radius 3 is 2.33 bits per heavy atom. The highest BCUT2D eigenvalue weighted by Crippen LogP contribution is 2.27. The molecule has 0 aliphatic carbocycles.